The standard InChI is InChI=1S/C17H26O2/c1-2-3-5-11-17(12-6-4-7-13-17)14-9-8-10-15(18)16(14)19/h8-10,18-19H,2-7,11-13H2,1H3. The first-order chi connectivity index (χ1) is 9.19. The fourth-order valence-electron chi connectivity index (χ4n) is 3.56. The molecule has 19 heavy (non-hydrogen) atoms. The molecule has 1 saturated carbocycles. The van der Waals surface area contributed by atoms with Gasteiger partial charge in [-0.3, -0.25) is 0 Å². The lowest BCUT2D eigenvalue weighted by atomic mass is 9.66. The minimum atomic E-state index is 0.0259. The quantitative estimate of drug-likeness (QED) is 0.586. The van der Waals surface area contributed by atoms with Gasteiger partial charge in [0.25, 0.3) is 0 Å². The van der Waals surface area contributed by atoms with E-state index in [0.29, 0.717) is 0 Å². The molecule has 2 rings (SSSR count). The third-order valence-corrected chi connectivity index (χ3v) is 4.66. The zero-order chi connectivity index (χ0) is 13.7. The van der Waals surface area contributed by atoms with Gasteiger partial charge in [0, 0.05) is 5.56 Å². The van der Waals surface area contributed by atoms with Crippen molar-refractivity contribution in [1.29, 1.82) is 0 Å². The zero-order valence-corrected chi connectivity index (χ0v) is 12.0. The van der Waals surface area contributed by atoms with Gasteiger partial charge >= 0.3 is 0 Å². The van der Waals surface area contributed by atoms with Crippen LogP contribution >= 0.6 is 0 Å². The van der Waals surface area contributed by atoms with Crippen molar-refractivity contribution >= 4 is 0 Å². The maximum absolute atomic E-state index is 10.2. The summed E-state index contributed by atoms with van der Waals surface area (Å²) in [6.45, 7) is 2.22. The number of phenolic OH excluding ortho intramolecular Hbond substituents is 2. The first-order valence-corrected chi connectivity index (χ1v) is 7.71. The third-order valence-electron chi connectivity index (χ3n) is 4.66. The highest BCUT2D eigenvalue weighted by atomic mass is 16.3. The van der Waals surface area contributed by atoms with Gasteiger partial charge in [-0.15, -0.1) is 0 Å². The van der Waals surface area contributed by atoms with Gasteiger partial charge in [0.05, 0.1) is 0 Å². The number of para-hydroxylation sites is 1. The molecule has 1 aliphatic rings. The number of hydrogen-bond donors (Lipinski definition) is 2. The highest BCUT2D eigenvalue weighted by molar-refractivity contribution is 5.48. The van der Waals surface area contributed by atoms with Gasteiger partial charge in [0.15, 0.2) is 11.5 Å². The average Bonchev–Trinajstić information content (AvgIpc) is 2.43. The minimum Gasteiger partial charge on any atom is -0.504 e. The molecule has 0 atom stereocenters. The van der Waals surface area contributed by atoms with E-state index in [-0.39, 0.29) is 16.9 Å². The molecule has 0 aliphatic heterocycles. The Morgan fingerprint density at radius 1 is 1.05 bits per heavy atom. The molecule has 0 amide bonds. The van der Waals surface area contributed by atoms with Gasteiger partial charge in [-0.25, -0.2) is 0 Å². The minimum absolute atomic E-state index is 0.0259. The molecular formula is C17H26O2. The van der Waals surface area contributed by atoms with Gasteiger partial charge in [-0.05, 0) is 30.7 Å². The molecule has 0 heterocycles. The fourth-order valence-corrected chi connectivity index (χ4v) is 3.56. The van der Waals surface area contributed by atoms with Crippen LogP contribution in [-0.4, -0.2) is 10.2 Å². The van der Waals surface area contributed by atoms with E-state index in [4.69, 9.17) is 0 Å². The van der Waals surface area contributed by atoms with Crippen molar-refractivity contribution in [2.24, 2.45) is 0 Å². The van der Waals surface area contributed by atoms with Crippen LogP contribution in [0.15, 0.2) is 18.2 Å². The number of aromatic hydroxyl groups is 2. The second-order valence-corrected chi connectivity index (χ2v) is 5.97. The first-order valence-electron chi connectivity index (χ1n) is 7.71. The SMILES string of the molecule is CCCCCC1(c2cccc(O)c2O)CCCCC1. The van der Waals surface area contributed by atoms with E-state index in [9.17, 15) is 10.2 Å². The molecule has 0 radical (unpaired) electrons. The maximum Gasteiger partial charge on any atom is 0.161 e. The summed E-state index contributed by atoms with van der Waals surface area (Å²) in [5.41, 5.74) is 1.07. The van der Waals surface area contributed by atoms with E-state index in [1.165, 1.54) is 38.5 Å². The highest BCUT2D eigenvalue weighted by Crippen LogP contribution is 2.48. The second kappa shape index (κ2) is 6.31. The van der Waals surface area contributed by atoms with Crippen molar-refractivity contribution in [3.05, 3.63) is 23.8 Å². The highest BCUT2D eigenvalue weighted by Gasteiger charge is 2.35. The Morgan fingerprint density at radius 3 is 2.47 bits per heavy atom. The van der Waals surface area contributed by atoms with Crippen LogP contribution in [-0.2, 0) is 5.41 Å². The number of hydrogen-bond acceptors (Lipinski definition) is 2. The van der Waals surface area contributed by atoms with Crippen LogP contribution in [0.4, 0.5) is 0 Å². The molecule has 0 saturated heterocycles. The van der Waals surface area contributed by atoms with Gasteiger partial charge in [0.1, 0.15) is 0 Å². The van der Waals surface area contributed by atoms with Gasteiger partial charge in [-0.2, -0.15) is 0 Å². The summed E-state index contributed by atoms with van der Waals surface area (Å²) in [6.07, 6.45) is 10.9. The van der Waals surface area contributed by atoms with Crippen molar-refractivity contribution in [2.75, 3.05) is 0 Å². The summed E-state index contributed by atoms with van der Waals surface area (Å²) in [5.74, 6) is 0.138. The zero-order valence-electron chi connectivity index (χ0n) is 12.0. The summed E-state index contributed by atoms with van der Waals surface area (Å²) < 4.78 is 0. The van der Waals surface area contributed by atoms with E-state index in [0.717, 1.165) is 24.8 Å². The third kappa shape index (κ3) is 3.05. The second-order valence-electron chi connectivity index (χ2n) is 5.97. The van der Waals surface area contributed by atoms with Gasteiger partial charge in [0.2, 0.25) is 0 Å². The van der Waals surface area contributed by atoms with Crippen molar-refractivity contribution in [2.45, 2.75) is 70.1 Å². The molecule has 0 bridgehead atoms. The number of benzene rings is 1. The molecule has 1 aliphatic carbocycles. The maximum atomic E-state index is 10.2. The fraction of sp³-hybridized carbons (Fsp3) is 0.647. The van der Waals surface area contributed by atoms with Gasteiger partial charge in [-0.1, -0.05) is 57.6 Å². The molecule has 1 aromatic carbocycles. The molecule has 106 valence electrons. The summed E-state index contributed by atoms with van der Waals surface area (Å²) in [6, 6.07) is 5.44. The first kappa shape index (κ1) is 14.2. The Bertz CT molecular complexity index is 406. The Labute approximate surface area is 116 Å². The van der Waals surface area contributed by atoms with Crippen LogP contribution in [0, 0.1) is 0 Å². The molecular weight excluding hydrogens is 236 g/mol. The molecule has 2 heteroatoms. The smallest absolute Gasteiger partial charge is 0.161 e. The topological polar surface area (TPSA) is 40.5 Å². The van der Waals surface area contributed by atoms with E-state index >= 15 is 0 Å². The van der Waals surface area contributed by atoms with E-state index in [1.54, 1.807) is 6.07 Å². The van der Waals surface area contributed by atoms with Crippen LogP contribution in [0.25, 0.3) is 0 Å². The monoisotopic (exact) mass is 262 g/mol. The van der Waals surface area contributed by atoms with Crippen LogP contribution in [0.5, 0.6) is 11.5 Å². The van der Waals surface area contributed by atoms with Crippen molar-refractivity contribution in [3.63, 3.8) is 0 Å². The molecule has 0 unspecified atom stereocenters. The lowest BCUT2D eigenvalue weighted by Gasteiger charge is -2.38. The Balaban J connectivity index is 2.28. The van der Waals surface area contributed by atoms with Crippen LogP contribution < -0.4 is 0 Å². The van der Waals surface area contributed by atoms with Gasteiger partial charge < -0.3 is 10.2 Å². The molecule has 2 N–H and O–H groups in total. The molecule has 0 spiro atoms. The normalized spacial score (nSPS) is 18.4. The van der Waals surface area contributed by atoms with Crippen molar-refractivity contribution in [1.82, 2.24) is 0 Å². The summed E-state index contributed by atoms with van der Waals surface area (Å²) >= 11 is 0. The van der Waals surface area contributed by atoms with Crippen LogP contribution in [0.2, 0.25) is 0 Å². The summed E-state index contributed by atoms with van der Waals surface area (Å²) in [4.78, 5) is 0. The Kier molecular flexibility index (Phi) is 4.73. The number of phenols is 2. The van der Waals surface area contributed by atoms with Crippen molar-refractivity contribution < 1.29 is 10.2 Å². The average molecular weight is 262 g/mol. The van der Waals surface area contributed by atoms with E-state index in [2.05, 4.69) is 6.92 Å². The van der Waals surface area contributed by atoms with E-state index < -0.39 is 0 Å². The summed E-state index contributed by atoms with van der Waals surface area (Å²) in [5, 5.41) is 20.0. The number of rotatable bonds is 5. The van der Waals surface area contributed by atoms with Crippen LogP contribution in [0.3, 0.4) is 0 Å². The largest absolute Gasteiger partial charge is 0.504 e. The lowest BCUT2D eigenvalue weighted by molar-refractivity contribution is 0.255. The Morgan fingerprint density at radius 2 is 1.79 bits per heavy atom. The molecule has 1 fully saturated rings. The molecule has 0 aromatic heterocycles. The Hall–Kier alpha value is -1.18. The number of unbranched alkanes of at least 4 members (excludes halogenated alkanes) is 2. The predicted octanol–water partition coefficient (Wildman–Crippen LogP) is 4.88. The van der Waals surface area contributed by atoms with Crippen LogP contribution in [0.1, 0.15) is 70.3 Å². The molecule has 2 nitrogen and oxygen atoms in total. The van der Waals surface area contributed by atoms with E-state index in [1.807, 2.05) is 12.1 Å². The summed E-state index contributed by atoms with van der Waals surface area (Å²) in [7, 11) is 0. The van der Waals surface area contributed by atoms with Crippen molar-refractivity contribution in [3.8, 4) is 11.5 Å². The predicted molar refractivity (Wildman–Crippen MR) is 78.7 cm³/mol. The lowest BCUT2D eigenvalue weighted by Crippen LogP contribution is -2.29. The molecule has 1 aromatic rings.